The van der Waals surface area contributed by atoms with Crippen molar-refractivity contribution in [3.05, 3.63) is 70.2 Å². The van der Waals surface area contributed by atoms with Gasteiger partial charge in [-0.15, -0.1) is 10.2 Å². The number of benzene rings is 2. The highest BCUT2D eigenvalue weighted by atomic mass is 35.5. The maximum absolute atomic E-state index is 12.9. The van der Waals surface area contributed by atoms with Crippen LogP contribution in [0.25, 0.3) is 0 Å². The van der Waals surface area contributed by atoms with Gasteiger partial charge in [0.05, 0.1) is 16.1 Å². The Balaban J connectivity index is 1.59. The molecule has 1 heterocycles. The second kappa shape index (κ2) is 12.7. The Hall–Kier alpha value is -2.60. The molecule has 0 spiro atoms. The number of rotatable bonds is 11. The average molecular weight is 537 g/mol. The van der Waals surface area contributed by atoms with Crippen molar-refractivity contribution in [2.75, 3.05) is 17.3 Å². The smallest absolute Gasteiger partial charge is 0.335 e. The van der Waals surface area contributed by atoms with Gasteiger partial charge < -0.3 is 10.4 Å². The number of nitrogens with zero attached hydrogens (tertiary/aromatic N) is 2. The fraction of sp³-hybridized carbons (Fsp3) is 0.227. The van der Waals surface area contributed by atoms with Crippen LogP contribution in [0.5, 0.6) is 0 Å². The number of carboxylic acid groups (broad SMARTS) is 1. The summed E-state index contributed by atoms with van der Waals surface area (Å²) in [5, 5.41) is 23.2. The minimum absolute atomic E-state index is 0.229. The lowest BCUT2D eigenvalue weighted by atomic mass is 10.1. The molecule has 0 aliphatic rings. The normalized spacial score (nSPS) is 11.6. The molecule has 1 unspecified atom stereocenters. The molecule has 2 amide bonds. The Morgan fingerprint density at radius 2 is 1.85 bits per heavy atom. The third-order valence-electron chi connectivity index (χ3n) is 4.55. The molecule has 3 aromatic rings. The van der Waals surface area contributed by atoms with Crippen LogP contribution in [0.1, 0.15) is 32.7 Å². The standard InChI is InChI=1S/C22H21ClN4O4S3/c1-32-11-10-17(24-18(28)15-4-2-3-5-16(15)23)19(29)25-21-26-27-22(34-21)33-12-13-6-8-14(9-7-13)20(30)31/h2-9,17H,10-12H2,1H3,(H,24,28)(H,30,31)(H,25,26,29). The van der Waals surface area contributed by atoms with Crippen molar-refractivity contribution in [3.63, 3.8) is 0 Å². The number of nitrogens with one attached hydrogen (secondary N) is 2. The predicted octanol–water partition coefficient (Wildman–Crippen LogP) is 4.67. The van der Waals surface area contributed by atoms with E-state index in [-0.39, 0.29) is 11.5 Å². The summed E-state index contributed by atoms with van der Waals surface area (Å²) in [6.07, 6.45) is 2.37. The summed E-state index contributed by atoms with van der Waals surface area (Å²) >= 11 is 10.3. The number of halogens is 1. The van der Waals surface area contributed by atoms with E-state index in [0.717, 1.165) is 5.56 Å². The highest BCUT2D eigenvalue weighted by Gasteiger charge is 2.23. The lowest BCUT2D eigenvalue weighted by Crippen LogP contribution is -2.44. The molecule has 0 radical (unpaired) electrons. The zero-order valence-electron chi connectivity index (χ0n) is 18.0. The highest BCUT2D eigenvalue weighted by Crippen LogP contribution is 2.28. The van der Waals surface area contributed by atoms with E-state index in [2.05, 4.69) is 20.8 Å². The minimum atomic E-state index is -0.970. The van der Waals surface area contributed by atoms with E-state index in [1.807, 2.05) is 6.26 Å². The van der Waals surface area contributed by atoms with E-state index in [4.69, 9.17) is 16.7 Å². The lowest BCUT2D eigenvalue weighted by Gasteiger charge is -2.17. The number of carbonyl (C=O) groups is 3. The van der Waals surface area contributed by atoms with Gasteiger partial charge in [-0.05, 0) is 48.3 Å². The molecule has 2 aromatic carbocycles. The molecule has 0 saturated heterocycles. The Kier molecular flexibility index (Phi) is 9.75. The van der Waals surface area contributed by atoms with Gasteiger partial charge in [0.15, 0.2) is 4.34 Å². The zero-order valence-corrected chi connectivity index (χ0v) is 21.2. The number of hydrogen-bond donors (Lipinski definition) is 3. The maximum Gasteiger partial charge on any atom is 0.335 e. The molecule has 178 valence electrons. The Bertz CT molecular complexity index is 1160. The Morgan fingerprint density at radius 3 is 2.53 bits per heavy atom. The van der Waals surface area contributed by atoms with Gasteiger partial charge in [-0.25, -0.2) is 4.79 Å². The summed E-state index contributed by atoms with van der Waals surface area (Å²) in [6.45, 7) is 0. The summed E-state index contributed by atoms with van der Waals surface area (Å²) in [5.41, 5.74) is 1.47. The molecule has 0 aliphatic heterocycles. The average Bonchev–Trinajstić information content (AvgIpc) is 3.27. The minimum Gasteiger partial charge on any atom is -0.478 e. The Labute approximate surface area is 213 Å². The van der Waals surface area contributed by atoms with Crippen molar-refractivity contribution >= 4 is 69.4 Å². The number of thioether (sulfide) groups is 2. The summed E-state index contributed by atoms with van der Waals surface area (Å²) in [7, 11) is 0. The van der Waals surface area contributed by atoms with Crippen LogP contribution >= 0.6 is 46.5 Å². The van der Waals surface area contributed by atoms with Crippen molar-refractivity contribution < 1.29 is 19.5 Å². The largest absolute Gasteiger partial charge is 0.478 e. The van der Waals surface area contributed by atoms with E-state index in [1.165, 1.54) is 23.1 Å². The second-order valence-corrected chi connectivity index (χ2v) is 10.5. The maximum atomic E-state index is 12.9. The van der Waals surface area contributed by atoms with Crippen LogP contribution in [-0.4, -0.2) is 51.1 Å². The molecule has 3 rings (SSSR count). The summed E-state index contributed by atoms with van der Waals surface area (Å²) in [5.74, 6) is -0.519. The van der Waals surface area contributed by atoms with Gasteiger partial charge in [-0.2, -0.15) is 11.8 Å². The lowest BCUT2D eigenvalue weighted by molar-refractivity contribution is -0.118. The van der Waals surface area contributed by atoms with E-state index in [1.54, 1.807) is 60.3 Å². The number of carboxylic acids is 1. The van der Waals surface area contributed by atoms with E-state index >= 15 is 0 Å². The highest BCUT2D eigenvalue weighted by molar-refractivity contribution is 8.00. The topological polar surface area (TPSA) is 121 Å². The molecule has 1 aromatic heterocycles. The predicted molar refractivity (Wildman–Crippen MR) is 137 cm³/mol. The second-order valence-electron chi connectivity index (χ2n) is 6.94. The molecule has 0 saturated carbocycles. The first-order chi connectivity index (χ1) is 16.4. The van der Waals surface area contributed by atoms with Gasteiger partial charge >= 0.3 is 5.97 Å². The molecule has 3 N–H and O–H groups in total. The molecular formula is C22H21ClN4O4S3. The zero-order chi connectivity index (χ0) is 24.5. The van der Waals surface area contributed by atoms with E-state index < -0.39 is 17.9 Å². The van der Waals surface area contributed by atoms with Crippen LogP contribution in [0.15, 0.2) is 52.9 Å². The van der Waals surface area contributed by atoms with Gasteiger partial charge in [-0.3, -0.25) is 14.9 Å². The van der Waals surface area contributed by atoms with Crippen LogP contribution < -0.4 is 10.6 Å². The van der Waals surface area contributed by atoms with Crippen molar-refractivity contribution in [3.8, 4) is 0 Å². The molecule has 0 fully saturated rings. The number of anilines is 1. The molecular weight excluding hydrogens is 516 g/mol. The van der Waals surface area contributed by atoms with Crippen LogP contribution in [0, 0.1) is 0 Å². The molecule has 8 nitrogen and oxygen atoms in total. The number of aromatic nitrogens is 2. The van der Waals surface area contributed by atoms with E-state index in [9.17, 15) is 14.4 Å². The fourth-order valence-corrected chi connectivity index (χ4v) is 5.19. The van der Waals surface area contributed by atoms with Crippen molar-refractivity contribution in [2.45, 2.75) is 22.6 Å². The quantitative estimate of drug-likeness (QED) is 0.239. The monoisotopic (exact) mass is 536 g/mol. The molecule has 1 atom stereocenters. The SMILES string of the molecule is CSCCC(NC(=O)c1ccccc1Cl)C(=O)Nc1nnc(SCc2ccc(C(=O)O)cc2)s1. The summed E-state index contributed by atoms with van der Waals surface area (Å²) in [4.78, 5) is 36.4. The molecule has 0 aliphatic carbocycles. The van der Waals surface area contributed by atoms with E-state index in [0.29, 0.717) is 38.0 Å². The third kappa shape index (κ3) is 7.45. The first kappa shape index (κ1) is 26.0. The molecule has 0 bridgehead atoms. The van der Waals surface area contributed by atoms with Gasteiger partial charge in [0.2, 0.25) is 11.0 Å². The third-order valence-corrected chi connectivity index (χ3v) is 7.57. The first-order valence-corrected chi connectivity index (χ1v) is 13.6. The molecule has 34 heavy (non-hydrogen) atoms. The van der Waals surface area contributed by atoms with Gasteiger partial charge in [-0.1, -0.05) is 59.0 Å². The van der Waals surface area contributed by atoms with Crippen molar-refractivity contribution in [1.29, 1.82) is 0 Å². The Morgan fingerprint density at radius 1 is 1.12 bits per heavy atom. The van der Waals surface area contributed by atoms with Crippen LogP contribution in [0.2, 0.25) is 5.02 Å². The van der Waals surface area contributed by atoms with Gasteiger partial charge in [0, 0.05) is 5.75 Å². The summed E-state index contributed by atoms with van der Waals surface area (Å²) < 4.78 is 0.651. The first-order valence-electron chi connectivity index (χ1n) is 10.0. The summed E-state index contributed by atoms with van der Waals surface area (Å²) in [6, 6.07) is 12.5. The number of hydrogen-bond acceptors (Lipinski definition) is 8. The number of aromatic carboxylic acids is 1. The number of amides is 2. The molecule has 12 heteroatoms. The van der Waals surface area contributed by atoms with Crippen molar-refractivity contribution in [1.82, 2.24) is 15.5 Å². The van der Waals surface area contributed by atoms with Gasteiger partial charge in [0.25, 0.3) is 5.91 Å². The fourth-order valence-electron chi connectivity index (χ4n) is 2.79. The number of carbonyl (C=O) groups excluding carboxylic acids is 2. The van der Waals surface area contributed by atoms with Crippen molar-refractivity contribution in [2.24, 2.45) is 0 Å². The van der Waals surface area contributed by atoms with Gasteiger partial charge in [0.1, 0.15) is 6.04 Å². The van der Waals surface area contributed by atoms with Crippen LogP contribution in [0.4, 0.5) is 5.13 Å². The van der Waals surface area contributed by atoms with Crippen LogP contribution in [0.3, 0.4) is 0 Å². The van der Waals surface area contributed by atoms with Crippen LogP contribution in [-0.2, 0) is 10.5 Å².